The average molecular weight is 249 g/mol. The Kier molecular flexibility index (Phi) is 5.70. The summed E-state index contributed by atoms with van der Waals surface area (Å²) in [6, 6.07) is 0. The van der Waals surface area contributed by atoms with Crippen molar-refractivity contribution in [1.82, 2.24) is 0 Å². The Hall–Kier alpha value is -0.0100. The van der Waals surface area contributed by atoms with Gasteiger partial charge in [0.05, 0.1) is 0 Å². The number of hydrogen-bond donors (Lipinski definition) is 0. The third-order valence-electron chi connectivity index (χ3n) is 3.08. The highest BCUT2D eigenvalue weighted by Crippen LogP contribution is 2.37. The number of rotatable bonds is 6. The van der Waals surface area contributed by atoms with Crippen LogP contribution in [0.1, 0.15) is 45.4 Å². The molecule has 86 valence electrons. The van der Waals surface area contributed by atoms with Gasteiger partial charge < -0.3 is 0 Å². The summed E-state index contributed by atoms with van der Waals surface area (Å²) < 4.78 is 0.297. The molecule has 0 N–H and O–H groups in total. The van der Waals surface area contributed by atoms with Crippen LogP contribution in [0.2, 0.25) is 0 Å². The van der Waals surface area contributed by atoms with Crippen LogP contribution in [0.3, 0.4) is 0 Å². The Morgan fingerprint density at radius 2 is 2.13 bits per heavy atom. The quantitative estimate of drug-likeness (QED) is 0.634. The highest BCUT2D eigenvalue weighted by atomic mass is 35.5. The average Bonchev–Trinajstić information content (AvgIpc) is 2.16. The van der Waals surface area contributed by atoms with E-state index in [2.05, 4.69) is 6.92 Å². The van der Waals surface area contributed by atoms with Crippen LogP contribution in [0.4, 0.5) is 0 Å². The molecule has 3 heteroatoms. The fourth-order valence-corrected chi connectivity index (χ4v) is 2.43. The number of carbonyl (C=O) groups is 1. The van der Waals surface area contributed by atoms with E-state index in [0.29, 0.717) is 22.6 Å². The van der Waals surface area contributed by atoms with E-state index in [9.17, 15) is 4.79 Å². The van der Waals surface area contributed by atoms with Crippen molar-refractivity contribution in [2.75, 3.05) is 0 Å². The smallest absolute Gasteiger partial charge is 0.137 e. The van der Waals surface area contributed by atoms with Gasteiger partial charge in [0.25, 0.3) is 0 Å². The minimum absolute atomic E-state index is 0.189. The van der Waals surface area contributed by atoms with Crippen molar-refractivity contribution in [3.05, 3.63) is 10.6 Å². The first-order chi connectivity index (χ1) is 7.15. The maximum atomic E-state index is 11.4. The molecule has 0 radical (unpaired) electrons. The normalized spacial score (nSPS) is 24.9. The number of hydrogen-bond acceptors (Lipinski definition) is 1. The van der Waals surface area contributed by atoms with Crippen LogP contribution >= 0.6 is 23.2 Å². The van der Waals surface area contributed by atoms with Crippen LogP contribution in [0.15, 0.2) is 10.6 Å². The summed E-state index contributed by atoms with van der Waals surface area (Å²) in [7, 11) is 0. The van der Waals surface area contributed by atoms with E-state index in [-0.39, 0.29) is 5.92 Å². The molecule has 0 aromatic heterocycles. The van der Waals surface area contributed by atoms with Gasteiger partial charge >= 0.3 is 0 Å². The van der Waals surface area contributed by atoms with Crippen molar-refractivity contribution in [3.8, 4) is 0 Å². The number of allylic oxidation sites excluding steroid dienone is 1. The zero-order valence-corrected chi connectivity index (χ0v) is 10.7. The van der Waals surface area contributed by atoms with Crippen molar-refractivity contribution in [2.24, 2.45) is 11.8 Å². The maximum absolute atomic E-state index is 11.4. The molecule has 1 rings (SSSR count). The molecule has 0 amide bonds. The van der Waals surface area contributed by atoms with Crippen LogP contribution in [0.5, 0.6) is 0 Å². The van der Waals surface area contributed by atoms with Crippen molar-refractivity contribution in [1.29, 1.82) is 0 Å². The molecular formula is C12H18Cl2O. The number of Topliss-reactive ketones (excluding diaryl/α,β-unsaturated/α-hetero) is 1. The first-order valence-corrected chi connectivity index (χ1v) is 6.46. The van der Waals surface area contributed by atoms with Crippen LogP contribution in [0.25, 0.3) is 0 Å². The van der Waals surface area contributed by atoms with Gasteiger partial charge in [0.2, 0.25) is 0 Å². The van der Waals surface area contributed by atoms with Crippen LogP contribution in [-0.2, 0) is 4.79 Å². The van der Waals surface area contributed by atoms with E-state index in [1.807, 2.05) is 6.08 Å². The van der Waals surface area contributed by atoms with E-state index in [1.165, 1.54) is 19.3 Å². The summed E-state index contributed by atoms with van der Waals surface area (Å²) in [6.45, 7) is 2.19. The number of halogens is 2. The molecule has 15 heavy (non-hydrogen) atoms. The van der Waals surface area contributed by atoms with E-state index >= 15 is 0 Å². The lowest BCUT2D eigenvalue weighted by molar-refractivity contribution is -0.132. The summed E-state index contributed by atoms with van der Waals surface area (Å²) in [4.78, 5) is 11.4. The maximum Gasteiger partial charge on any atom is 0.137 e. The summed E-state index contributed by atoms with van der Waals surface area (Å²) >= 11 is 11.2. The predicted octanol–water partition coefficient (Wildman–Crippen LogP) is 4.48. The zero-order chi connectivity index (χ0) is 11.3. The molecule has 1 fully saturated rings. The monoisotopic (exact) mass is 248 g/mol. The molecule has 0 aliphatic heterocycles. The topological polar surface area (TPSA) is 17.1 Å². The molecule has 0 heterocycles. The van der Waals surface area contributed by atoms with Gasteiger partial charge in [-0.1, -0.05) is 55.8 Å². The summed E-state index contributed by atoms with van der Waals surface area (Å²) in [5.41, 5.74) is 0. The lowest BCUT2D eigenvalue weighted by Gasteiger charge is -2.32. The van der Waals surface area contributed by atoms with Gasteiger partial charge in [-0.25, -0.2) is 0 Å². The summed E-state index contributed by atoms with van der Waals surface area (Å²) in [5.74, 6) is 0.862. The Morgan fingerprint density at radius 3 is 2.67 bits per heavy atom. The Labute approximate surface area is 102 Å². The van der Waals surface area contributed by atoms with Crippen molar-refractivity contribution in [2.45, 2.75) is 45.4 Å². The largest absolute Gasteiger partial charge is 0.299 e. The molecule has 0 saturated heterocycles. The van der Waals surface area contributed by atoms with Crippen molar-refractivity contribution in [3.63, 3.8) is 0 Å². The summed E-state index contributed by atoms with van der Waals surface area (Å²) in [6.07, 6.45) is 8.31. The number of unbranched alkanes of at least 4 members (excludes halogenated alkanes) is 3. The third kappa shape index (κ3) is 4.16. The van der Waals surface area contributed by atoms with Crippen LogP contribution < -0.4 is 0 Å². The van der Waals surface area contributed by atoms with Crippen LogP contribution in [-0.4, -0.2) is 5.78 Å². The lowest BCUT2D eigenvalue weighted by atomic mass is 9.70. The third-order valence-corrected chi connectivity index (χ3v) is 3.33. The molecule has 1 aliphatic rings. The van der Waals surface area contributed by atoms with Gasteiger partial charge in [0, 0.05) is 12.3 Å². The zero-order valence-electron chi connectivity index (χ0n) is 9.14. The van der Waals surface area contributed by atoms with E-state index < -0.39 is 0 Å². The second kappa shape index (κ2) is 6.55. The Balaban J connectivity index is 2.26. The van der Waals surface area contributed by atoms with E-state index in [0.717, 1.165) is 12.8 Å². The second-order valence-electron chi connectivity index (χ2n) is 4.25. The molecule has 1 saturated carbocycles. The van der Waals surface area contributed by atoms with E-state index in [1.54, 1.807) is 0 Å². The molecule has 0 aromatic carbocycles. The molecule has 0 spiro atoms. The van der Waals surface area contributed by atoms with Gasteiger partial charge in [-0.3, -0.25) is 4.79 Å². The Morgan fingerprint density at radius 1 is 1.40 bits per heavy atom. The van der Waals surface area contributed by atoms with Crippen molar-refractivity contribution < 1.29 is 4.79 Å². The fourth-order valence-electron chi connectivity index (χ4n) is 2.11. The molecule has 0 aromatic rings. The van der Waals surface area contributed by atoms with Gasteiger partial charge in [0.15, 0.2) is 0 Å². The SMILES string of the molecule is CCCCCCC1C(=O)CC1C=C(Cl)Cl. The minimum atomic E-state index is 0.189. The van der Waals surface area contributed by atoms with Crippen molar-refractivity contribution >= 4 is 29.0 Å². The molecular weight excluding hydrogens is 231 g/mol. The predicted molar refractivity (Wildman–Crippen MR) is 65.2 cm³/mol. The number of carbonyl (C=O) groups excluding carboxylic acids is 1. The molecule has 1 aliphatic carbocycles. The highest BCUT2D eigenvalue weighted by molar-refractivity contribution is 6.55. The molecule has 0 bridgehead atoms. The summed E-state index contributed by atoms with van der Waals surface area (Å²) in [5, 5.41) is 0. The van der Waals surface area contributed by atoms with Crippen LogP contribution in [0, 0.1) is 11.8 Å². The highest BCUT2D eigenvalue weighted by Gasteiger charge is 2.37. The minimum Gasteiger partial charge on any atom is -0.299 e. The second-order valence-corrected chi connectivity index (χ2v) is 5.25. The standard InChI is InChI=1S/C12H18Cl2O/c1-2-3-4-5-6-10-9(7-11(10)15)8-12(13)14/h8-10H,2-7H2,1H3. The molecule has 2 atom stereocenters. The lowest BCUT2D eigenvalue weighted by Crippen LogP contribution is -2.35. The van der Waals surface area contributed by atoms with E-state index in [4.69, 9.17) is 23.2 Å². The van der Waals surface area contributed by atoms with Gasteiger partial charge in [-0.2, -0.15) is 0 Å². The van der Waals surface area contributed by atoms with Gasteiger partial charge in [-0.15, -0.1) is 0 Å². The molecule has 1 nitrogen and oxygen atoms in total. The fraction of sp³-hybridized carbons (Fsp3) is 0.750. The molecule has 2 unspecified atom stereocenters. The first kappa shape index (κ1) is 13.1. The Bertz CT molecular complexity index is 244. The first-order valence-electron chi connectivity index (χ1n) is 5.70. The van der Waals surface area contributed by atoms with Gasteiger partial charge in [-0.05, 0) is 18.4 Å². The number of ketones is 1. The van der Waals surface area contributed by atoms with Gasteiger partial charge in [0.1, 0.15) is 10.3 Å².